The summed E-state index contributed by atoms with van der Waals surface area (Å²) in [6.07, 6.45) is -1.05. The van der Waals surface area contributed by atoms with Crippen molar-refractivity contribution < 1.29 is 13.6 Å². The zero-order valence-electron chi connectivity index (χ0n) is 11.6. The highest BCUT2D eigenvalue weighted by Crippen LogP contribution is 2.17. The summed E-state index contributed by atoms with van der Waals surface area (Å²) in [7, 11) is 0. The van der Waals surface area contributed by atoms with Crippen LogP contribution in [0.4, 0.5) is 13.6 Å². The third kappa shape index (κ3) is 3.81. The average Bonchev–Trinajstić information content (AvgIpc) is 2.43. The minimum absolute atomic E-state index is 0.0350. The predicted octanol–water partition coefficient (Wildman–Crippen LogP) is 2.98. The van der Waals surface area contributed by atoms with E-state index in [4.69, 9.17) is 0 Å². The van der Waals surface area contributed by atoms with Gasteiger partial charge in [0.25, 0.3) is 6.43 Å². The lowest BCUT2D eigenvalue weighted by atomic mass is 10.1. The van der Waals surface area contributed by atoms with Crippen LogP contribution in [-0.2, 0) is 0 Å². The van der Waals surface area contributed by atoms with Crippen LogP contribution >= 0.6 is 0 Å². The number of hydrogen-bond acceptors (Lipinski definition) is 2. The number of allylic oxidation sites excluding steroid dienone is 1. The van der Waals surface area contributed by atoms with Crippen LogP contribution in [0.5, 0.6) is 0 Å². The third-order valence-corrected chi connectivity index (χ3v) is 3.14. The highest BCUT2D eigenvalue weighted by atomic mass is 19.3. The molecule has 1 aromatic rings. The molecule has 2 N–H and O–H groups in total. The van der Waals surface area contributed by atoms with E-state index in [1.54, 1.807) is 6.08 Å². The maximum atomic E-state index is 12.4. The zero-order valence-corrected chi connectivity index (χ0v) is 11.6. The molecular weight excluding hydrogens is 276 g/mol. The maximum Gasteiger partial charge on any atom is 0.327 e. The van der Waals surface area contributed by atoms with Gasteiger partial charge in [-0.25, -0.2) is 13.6 Å². The number of carbonyl (C=O) groups excluding carboxylic acids is 1. The van der Waals surface area contributed by atoms with Crippen LogP contribution in [0.2, 0.25) is 0 Å². The van der Waals surface area contributed by atoms with Gasteiger partial charge in [0.15, 0.2) is 0 Å². The Morgan fingerprint density at radius 2 is 2.00 bits per heavy atom. The van der Waals surface area contributed by atoms with Crippen molar-refractivity contribution in [2.45, 2.75) is 19.4 Å². The molecule has 0 saturated heterocycles. The number of alkyl halides is 2. The molecule has 0 aliphatic carbocycles. The van der Waals surface area contributed by atoms with E-state index in [-0.39, 0.29) is 11.7 Å². The highest BCUT2D eigenvalue weighted by molar-refractivity contribution is 5.80. The van der Waals surface area contributed by atoms with Crippen molar-refractivity contribution in [3.63, 3.8) is 0 Å². The number of benzene rings is 1. The molecule has 1 aliphatic heterocycles. The standard InChI is InChI=1S/C15H17F2N3O/c1-10-8-14(19-15(21)20(10)9-13(16)17)18-11(2)12-6-4-3-5-7-12/h3-8,11,13,18H,1,9H2,2H3,(H,19,21)/t11-/m0/s1. The van der Waals surface area contributed by atoms with Gasteiger partial charge in [-0.15, -0.1) is 0 Å². The number of carbonyl (C=O) groups is 1. The number of nitrogens with one attached hydrogen (secondary N) is 2. The first-order valence-electron chi connectivity index (χ1n) is 6.56. The van der Waals surface area contributed by atoms with Crippen LogP contribution in [0.15, 0.2) is 54.5 Å². The number of nitrogens with zero attached hydrogens (tertiary/aromatic N) is 1. The van der Waals surface area contributed by atoms with Gasteiger partial charge in [0.05, 0.1) is 6.54 Å². The Kier molecular flexibility index (Phi) is 4.57. The van der Waals surface area contributed by atoms with Gasteiger partial charge in [-0.1, -0.05) is 36.9 Å². The molecule has 1 aliphatic rings. The van der Waals surface area contributed by atoms with Crippen molar-refractivity contribution >= 4 is 6.03 Å². The molecule has 1 atom stereocenters. The molecule has 4 nitrogen and oxygen atoms in total. The molecule has 0 spiro atoms. The molecule has 0 bridgehead atoms. The quantitative estimate of drug-likeness (QED) is 0.876. The lowest BCUT2D eigenvalue weighted by Gasteiger charge is -2.30. The monoisotopic (exact) mass is 293 g/mol. The molecule has 112 valence electrons. The molecule has 1 heterocycles. The van der Waals surface area contributed by atoms with E-state index in [0.29, 0.717) is 5.82 Å². The Morgan fingerprint density at radius 1 is 1.33 bits per heavy atom. The van der Waals surface area contributed by atoms with Gasteiger partial charge in [0.1, 0.15) is 5.82 Å². The second kappa shape index (κ2) is 6.39. The van der Waals surface area contributed by atoms with Crippen LogP contribution in [-0.4, -0.2) is 23.9 Å². The molecule has 0 saturated carbocycles. The van der Waals surface area contributed by atoms with Crippen molar-refractivity contribution in [2.24, 2.45) is 0 Å². The summed E-state index contributed by atoms with van der Waals surface area (Å²) < 4.78 is 24.8. The summed E-state index contributed by atoms with van der Waals surface area (Å²) in [5.74, 6) is 0.451. The molecule has 2 rings (SSSR count). The fourth-order valence-corrected chi connectivity index (χ4v) is 2.07. The van der Waals surface area contributed by atoms with E-state index in [1.165, 1.54) is 0 Å². The molecule has 0 unspecified atom stereocenters. The number of urea groups is 1. The van der Waals surface area contributed by atoms with E-state index in [0.717, 1.165) is 10.5 Å². The Balaban J connectivity index is 2.05. The molecule has 21 heavy (non-hydrogen) atoms. The minimum atomic E-state index is -2.60. The molecule has 0 fully saturated rings. The summed E-state index contributed by atoms with van der Waals surface area (Å²) in [5, 5.41) is 5.67. The largest absolute Gasteiger partial charge is 0.365 e. The number of amides is 2. The molecule has 1 aromatic carbocycles. The smallest absolute Gasteiger partial charge is 0.327 e. The van der Waals surface area contributed by atoms with Gasteiger partial charge in [-0.3, -0.25) is 10.2 Å². The van der Waals surface area contributed by atoms with Crippen molar-refractivity contribution in [1.29, 1.82) is 0 Å². The van der Waals surface area contributed by atoms with Crippen molar-refractivity contribution in [1.82, 2.24) is 15.5 Å². The SMILES string of the molecule is C=C1C=C(N[C@@H](C)c2ccccc2)NC(=O)N1CC(F)F. The first-order valence-corrected chi connectivity index (χ1v) is 6.56. The van der Waals surface area contributed by atoms with Gasteiger partial charge in [-0.2, -0.15) is 0 Å². The summed E-state index contributed by atoms with van der Waals surface area (Å²) in [4.78, 5) is 12.7. The zero-order chi connectivity index (χ0) is 15.4. The topological polar surface area (TPSA) is 44.4 Å². The van der Waals surface area contributed by atoms with Crippen molar-refractivity contribution in [3.05, 3.63) is 60.1 Å². The minimum Gasteiger partial charge on any atom is -0.365 e. The lowest BCUT2D eigenvalue weighted by molar-refractivity contribution is 0.111. The van der Waals surface area contributed by atoms with Gasteiger partial charge < -0.3 is 5.32 Å². The van der Waals surface area contributed by atoms with Gasteiger partial charge in [-0.05, 0) is 12.5 Å². The van der Waals surface area contributed by atoms with Gasteiger partial charge in [0.2, 0.25) is 0 Å². The van der Waals surface area contributed by atoms with Crippen LogP contribution in [0, 0.1) is 0 Å². The summed E-state index contributed by atoms with van der Waals surface area (Å²) in [5.41, 5.74) is 1.29. The Bertz CT molecular complexity index is 557. The Hall–Kier alpha value is -2.37. The lowest BCUT2D eigenvalue weighted by Crippen LogP contribution is -2.47. The Labute approximate surface area is 122 Å². The first kappa shape index (κ1) is 15.0. The molecule has 2 amide bonds. The molecule has 0 aromatic heterocycles. The number of halogens is 2. The third-order valence-electron chi connectivity index (χ3n) is 3.14. The fourth-order valence-electron chi connectivity index (χ4n) is 2.07. The normalized spacial score (nSPS) is 16.6. The van der Waals surface area contributed by atoms with E-state index >= 15 is 0 Å². The van der Waals surface area contributed by atoms with Crippen LogP contribution in [0.25, 0.3) is 0 Å². The highest BCUT2D eigenvalue weighted by Gasteiger charge is 2.25. The Morgan fingerprint density at radius 3 is 2.57 bits per heavy atom. The van der Waals surface area contributed by atoms with E-state index in [9.17, 15) is 13.6 Å². The second-order valence-corrected chi connectivity index (χ2v) is 4.76. The van der Waals surface area contributed by atoms with Crippen molar-refractivity contribution in [2.75, 3.05) is 6.54 Å². The van der Waals surface area contributed by atoms with Crippen LogP contribution in [0.3, 0.4) is 0 Å². The maximum absolute atomic E-state index is 12.4. The van der Waals surface area contributed by atoms with Crippen LogP contribution < -0.4 is 10.6 Å². The second-order valence-electron chi connectivity index (χ2n) is 4.76. The first-order chi connectivity index (χ1) is 9.97. The van der Waals surface area contributed by atoms with Gasteiger partial charge >= 0.3 is 6.03 Å². The summed E-state index contributed by atoms with van der Waals surface area (Å²) in [6, 6.07) is 9.04. The fraction of sp³-hybridized carbons (Fsp3) is 0.267. The summed E-state index contributed by atoms with van der Waals surface area (Å²) >= 11 is 0. The van der Waals surface area contributed by atoms with E-state index in [1.807, 2.05) is 37.3 Å². The van der Waals surface area contributed by atoms with E-state index in [2.05, 4.69) is 17.2 Å². The molecule has 6 heteroatoms. The van der Waals surface area contributed by atoms with Gasteiger partial charge in [0, 0.05) is 17.8 Å². The predicted molar refractivity (Wildman–Crippen MR) is 76.5 cm³/mol. The summed E-state index contributed by atoms with van der Waals surface area (Å²) in [6.45, 7) is 4.92. The molecular formula is C15H17F2N3O. The average molecular weight is 293 g/mol. The number of hydrogen-bond donors (Lipinski definition) is 2. The van der Waals surface area contributed by atoms with E-state index < -0.39 is 19.0 Å². The molecule has 0 radical (unpaired) electrons. The van der Waals surface area contributed by atoms with Crippen molar-refractivity contribution in [3.8, 4) is 0 Å². The van der Waals surface area contributed by atoms with Crippen LogP contribution in [0.1, 0.15) is 18.5 Å². The number of rotatable bonds is 5.